The first-order chi connectivity index (χ1) is 16.6. The zero-order valence-corrected chi connectivity index (χ0v) is 22.3. The van der Waals surface area contributed by atoms with Crippen LogP contribution in [0.1, 0.15) is 73.5 Å². The molecule has 1 fully saturated rings. The van der Waals surface area contributed by atoms with Gasteiger partial charge >= 0.3 is 0 Å². The van der Waals surface area contributed by atoms with Gasteiger partial charge in [-0.05, 0) is 72.1 Å². The molecule has 194 valence electrons. The van der Waals surface area contributed by atoms with Gasteiger partial charge in [0.15, 0.2) is 0 Å². The molecule has 5 nitrogen and oxygen atoms in total. The number of aliphatic hydroxyl groups is 4. The van der Waals surface area contributed by atoms with Crippen LogP contribution in [0.2, 0.25) is 0 Å². The van der Waals surface area contributed by atoms with E-state index in [1.807, 2.05) is 24.5 Å². The fraction of sp³-hybridized carbons (Fsp3) is 0.586. The number of aryl methyl sites for hydroxylation is 2. The minimum atomic E-state index is -1.25. The molecular weight excluding hydrogens is 460 g/mol. The van der Waals surface area contributed by atoms with Crippen LogP contribution in [0.4, 0.5) is 0 Å². The van der Waals surface area contributed by atoms with Crippen LogP contribution in [0, 0.1) is 12.3 Å². The van der Waals surface area contributed by atoms with Crippen LogP contribution in [0.5, 0.6) is 0 Å². The Kier molecular flexibility index (Phi) is 10.2. The summed E-state index contributed by atoms with van der Waals surface area (Å²) >= 11 is 1.33. The molecule has 2 aromatic rings. The van der Waals surface area contributed by atoms with Crippen molar-refractivity contribution in [2.75, 3.05) is 12.9 Å². The van der Waals surface area contributed by atoms with Crippen molar-refractivity contribution in [3.8, 4) is 0 Å². The first kappa shape index (κ1) is 28.2. The van der Waals surface area contributed by atoms with Gasteiger partial charge in [0.2, 0.25) is 0 Å². The molecule has 5 atom stereocenters. The van der Waals surface area contributed by atoms with Gasteiger partial charge in [-0.25, -0.2) is 0 Å². The Labute approximate surface area is 214 Å². The third-order valence-electron chi connectivity index (χ3n) is 7.17. The summed E-state index contributed by atoms with van der Waals surface area (Å²) in [7, 11) is 0. The molecule has 0 spiro atoms. The number of benzene rings is 2. The van der Waals surface area contributed by atoms with Crippen molar-refractivity contribution in [1.29, 1.82) is 0 Å². The molecule has 0 radical (unpaired) electrons. The van der Waals surface area contributed by atoms with Crippen molar-refractivity contribution in [1.82, 2.24) is 0 Å². The van der Waals surface area contributed by atoms with Crippen molar-refractivity contribution in [2.24, 2.45) is 5.41 Å². The topological polar surface area (TPSA) is 90.2 Å². The lowest BCUT2D eigenvalue weighted by Gasteiger charge is -2.40. The summed E-state index contributed by atoms with van der Waals surface area (Å²) in [6, 6.07) is 14.8. The molecule has 1 aliphatic rings. The van der Waals surface area contributed by atoms with Gasteiger partial charge in [-0.3, -0.25) is 0 Å². The third-order valence-corrected chi connectivity index (χ3v) is 8.02. The standard InChI is InChI=1S/C29H42O5S/c1-19-9-14-22(27-25(32)24(31)26(33)28(34-27)35-4)17-23(19)16-21-12-10-20(11-13-21)8-6-5-7-15-29(2,3)18-30/h9-14,17,24-28,30-33H,5-8,15-16,18H2,1-4H3/t24-,25-,26+,27+,28-/m1/s1. The molecule has 3 rings (SSSR count). The van der Waals surface area contributed by atoms with Gasteiger partial charge < -0.3 is 25.2 Å². The monoisotopic (exact) mass is 502 g/mol. The highest BCUT2D eigenvalue weighted by molar-refractivity contribution is 7.99. The molecule has 0 aliphatic carbocycles. The number of ether oxygens (including phenoxy) is 1. The van der Waals surface area contributed by atoms with Crippen LogP contribution >= 0.6 is 11.8 Å². The predicted octanol–water partition coefficient (Wildman–Crippen LogP) is 4.55. The number of thioether (sulfide) groups is 1. The highest BCUT2D eigenvalue weighted by Gasteiger charge is 2.44. The van der Waals surface area contributed by atoms with E-state index in [0.29, 0.717) is 0 Å². The molecule has 1 saturated heterocycles. The lowest BCUT2D eigenvalue weighted by atomic mass is 9.88. The summed E-state index contributed by atoms with van der Waals surface area (Å²) in [5, 5.41) is 40.4. The second-order valence-corrected chi connectivity index (χ2v) is 11.6. The molecule has 0 unspecified atom stereocenters. The van der Waals surface area contributed by atoms with E-state index in [2.05, 4.69) is 45.0 Å². The Balaban J connectivity index is 1.60. The quantitative estimate of drug-likeness (QED) is 0.337. The van der Waals surface area contributed by atoms with Crippen LogP contribution < -0.4 is 0 Å². The SMILES string of the molecule is CS[C@H]1O[C@@H](c2ccc(C)c(Cc3ccc(CCCCCC(C)(C)CO)cc3)c2)[C@H](O)[C@@H](O)[C@@H]1O. The number of rotatable bonds is 11. The number of hydrogen-bond donors (Lipinski definition) is 4. The smallest absolute Gasteiger partial charge is 0.132 e. The van der Waals surface area contributed by atoms with Gasteiger partial charge in [0.05, 0.1) is 0 Å². The first-order valence-electron chi connectivity index (χ1n) is 12.7. The van der Waals surface area contributed by atoms with Gasteiger partial charge in [-0.15, -0.1) is 11.8 Å². The lowest BCUT2D eigenvalue weighted by Crippen LogP contribution is -2.52. The lowest BCUT2D eigenvalue weighted by molar-refractivity contribution is -0.200. The van der Waals surface area contributed by atoms with Crippen LogP contribution in [-0.4, -0.2) is 57.0 Å². The second-order valence-electron chi connectivity index (χ2n) is 10.7. The van der Waals surface area contributed by atoms with E-state index in [0.717, 1.165) is 48.8 Å². The van der Waals surface area contributed by atoms with Gasteiger partial charge in [-0.2, -0.15) is 0 Å². The molecule has 35 heavy (non-hydrogen) atoms. The maximum Gasteiger partial charge on any atom is 0.132 e. The summed E-state index contributed by atoms with van der Waals surface area (Å²) in [5.41, 5.74) is 5.13. The summed E-state index contributed by atoms with van der Waals surface area (Å²) in [5.74, 6) is 0. The Morgan fingerprint density at radius 1 is 0.886 bits per heavy atom. The van der Waals surface area contributed by atoms with Gasteiger partial charge in [-0.1, -0.05) is 69.2 Å². The average molecular weight is 503 g/mol. The fourth-order valence-corrected chi connectivity index (χ4v) is 5.28. The van der Waals surface area contributed by atoms with E-state index in [1.54, 1.807) is 0 Å². The highest BCUT2D eigenvalue weighted by Crippen LogP contribution is 2.36. The molecule has 1 heterocycles. The van der Waals surface area contributed by atoms with Crippen molar-refractivity contribution in [3.63, 3.8) is 0 Å². The normalized spacial score (nSPS) is 25.1. The predicted molar refractivity (Wildman–Crippen MR) is 143 cm³/mol. The second kappa shape index (κ2) is 12.7. The summed E-state index contributed by atoms with van der Waals surface area (Å²) in [4.78, 5) is 0. The summed E-state index contributed by atoms with van der Waals surface area (Å²) < 4.78 is 5.95. The van der Waals surface area contributed by atoms with E-state index in [4.69, 9.17) is 4.74 Å². The minimum Gasteiger partial charge on any atom is -0.396 e. The fourth-order valence-electron chi connectivity index (χ4n) is 4.61. The van der Waals surface area contributed by atoms with E-state index in [-0.39, 0.29) is 12.0 Å². The largest absolute Gasteiger partial charge is 0.396 e. The number of hydrogen-bond acceptors (Lipinski definition) is 6. The van der Waals surface area contributed by atoms with Crippen LogP contribution in [0.25, 0.3) is 0 Å². The first-order valence-corrected chi connectivity index (χ1v) is 13.9. The van der Waals surface area contributed by atoms with Crippen LogP contribution in [0.3, 0.4) is 0 Å². The molecule has 1 aliphatic heterocycles. The minimum absolute atomic E-state index is 0.0238. The van der Waals surface area contributed by atoms with Crippen LogP contribution in [0.15, 0.2) is 42.5 Å². The van der Waals surface area contributed by atoms with E-state index in [9.17, 15) is 20.4 Å². The number of unbranched alkanes of at least 4 members (excludes halogenated alkanes) is 2. The molecule has 0 saturated carbocycles. The van der Waals surface area contributed by atoms with Crippen molar-refractivity contribution < 1.29 is 25.2 Å². The average Bonchev–Trinajstić information content (AvgIpc) is 2.85. The van der Waals surface area contributed by atoms with Crippen molar-refractivity contribution >= 4 is 11.8 Å². The maximum atomic E-state index is 10.6. The Morgan fingerprint density at radius 2 is 1.57 bits per heavy atom. The zero-order valence-electron chi connectivity index (χ0n) is 21.5. The van der Waals surface area contributed by atoms with Crippen molar-refractivity contribution in [3.05, 3.63) is 70.3 Å². The van der Waals surface area contributed by atoms with Gasteiger partial charge in [0, 0.05) is 6.61 Å². The van der Waals surface area contributed by atoms with E-state index >= 15 is 0 Å². The molecular formula is C29H42O5S. The third kappa shape index (κ3) is 7.54. The van der Waals surface area contributed by atoms with E-state index in [1.165, 1.54) is 29.3 Å². The summed E-state index contributed by atoms with van der Waals surface area (Å²) in [6.07, 6.45) is 3.96. The van der Waals surface area contributed by atoms with Crippen molar-refractivity contribution in [2.45, 2.75) is 89.1 Å². The summed E-state index contributed by atoms with van der Waals surface area (Å²) in [6.45, 7) is 6.55. The molecule has 0 amide bonds. The Bertz CT molecular complexity index is 927. The number of aliphatic hydroxyl groups excluding tert-OH is 4. The molecule has 6 heteroatoms. The van der Waals surface area contributed by atoms with Crippen LogP contribution in [-0.2, 0) is 17.6 Å². The zero-order chi connectivity index (χ0) is 25.6. The van der Waals surface area contributed by atoms with Gasteiger partial charge in [0.1, 0.15) is 29.9 Å². The van der Waals surface area contributed by atoms with E-state index < -0.39 is 29.9 Å². The van der Waals surface area contributed by atoms with Gasteiger partial charge in [0.25, 0.3) is 0 Å². The molecule has 0 aromatic heterocycles. The highest BCUT2D eigenvalue weighted by atomic mass is 32.2. The Hall–Kier alpha value is -1.41. The molecule has 4 N–H and O–H groups in total. The molecule has 2 aromatic carbocycles. The maximum absolute atomic E-state index is 10.6. The Morgan fingerprint density at radius 3 is 2.23 bits per heavy atom. The molecule has 0 bridgehead atoms.